The van der Waals surface area contributed by atoms with Gasteiger partial charge in [-0.15, -0.1) is 10.2 Å². The van der Waals surface area contributed by atoms with Gasteiger partial charge in [0.1, 0.15) is 11.6 Å². The number of aromatic nitrogens is 3. The summed E-state index contributed by atoms with van der Waals surface area (Å²) in [6.45, 7) is 3.81. The molecule has 0 fully saturated rings. The van der Waals surface area contributed by atoms with Gasteiger partial charge in [0, 0.05) is 4.47 Å². The quantitative estimate of drug-likeness (QED) is 0.558. The van der Waals surface area contributed by atoms with Crippen LogP contribution in [0.2, 0.25) is 0 Å². The van der Waals surface area contributed by atoms with E-state index in [0.717, 1.165) is 10.2 Å². The molecule has 24 heavy (non-hydrogen) atoms. The maximum absolute atomic E-state index is 12.4. The lowest BCUT2D eigenvalue weighted by atomic mass is 10.2. The average Bonchev–Trinajstić information content (AvgIpc) is 2.88. The van der Waals surface area contributed by atoms with Crippen LogP contribution in [0, 0.1) is 6.92 Å². The van der Waals surface area contributed by atoms with Gasteiger partial charge in [-0.25, -0.2) is 4.68 Å². The minimum Gasteiger partial charge on any atom is -0.496 e. The number of carbonyl (C=O) groups excluding carboxylic acids is 1. The molecule has 0 atom stereocenters. The Labute approximate surface area is 157 Å². The Kier molecular flexibility index (Phi) is 6.58. The number of benzene rings is 1. The lowest BCUT2D eigenvalue weighted by Crippen LogP contribution is -2.38. The van der Waals surface area contributed by atoms with Crippen molar-refractivity contribution in [3.63, 3.8) is 0 Å². The zero-order valence-electron chi connectivity index (χ0n) is 13.3. The van der Waals surface area contributed by atoms with Crippen molar-refractivity contribution in [1.29, 1.82) is 0 Å². The first-order valence-electron chi connectivity index (χ1n) is 6.97. The zero-order chi connectivity index (χ0) is 17.7. The Bertz CT molecular complexity index is 766. The predicted molar refractivity (Wildman–Crippen MR) is 101 cm³/mol. The predicted octanol–water partition coefficient (Wildman–Crippen LogP) is 2.73. The highest BCUT2D eigenvalue weighted by Crippen LogP contribution is 2.22. The topological polar surface area (TPSA) is 81.1 Å². The van der Waals surface area contributed by atoms with E-state index in [1.54, 1.807) is 29.8 Å². The fourth-order valence-corrected chi connectivity index (χ4v) is 3.06. The van der Waals surface area contributed by atoms with Crippen LogP contribution in [-0.4, -0.2) is 38.8 Å². The van der Waals surface area contributed by atoms with Gasteiger partial charge in [0.05, 0.1) is 12.7 Å². The lowest BCUT2D eigenvalue weighted by Gasteiger charge is -2.14. The summed E-state index contributed by atoms with van der Waals surface area (Å²) in [6, 6.07) is 5.16. The molecule has 0 spiro atoms. The van der Waals surface area contributed by atoms with Crippen molar-refractivity contribution in [3.8, 4) is 5.75 Å². The smallest absolute Gasteiger partial charge is 0.261 e. The van der Waals surface area contributed by atoms with Crippen molar-refractivity contribution >= 4 is 50.9 Å². The van der Waals surface area contributed by atoms with Crippen LogP contribution in [0.15, 0.2) is 27.8 Å². The average molecular weight is 430 g/mol. The van der Waals surface area contributed by atoms with Crippen LogP contribution in [0.3, 0.4) is 0 Å². The summed E-state index contributed by atoms with van der Waals surface area (Å²) in [5.41, 5.74) is 3.29. The Morgan fingerprint density at radius 2 is 2.21 bits per heavy atom. The molecule has 1 amide bonds. The number of thiocarbonyl (C=S) groups is 1. The number of ether oxygens (including phenoxy) is 1. The first kappa shape index (κ1) is 18.7. The Morgan fingerprint density at radius 3 is 2.88 bits per heavy atom. The summed E-state index contributed by atoms with van der Waals surface area (Å²) < 4.78 is 7.61. The summed E-state index contributed by atoms with van der Waals surface area (Å²) in [7, 11) is 1.51. The van der Waals surface area contributed by atoms with Crippen molar-refractivity contribution in [1.82, 2.24) is 20.2 Å². The number of aryl methyl sites for hydroxylation is 1. The van der Waals surface area contributed by atoms with Gasteiger partial charge < -0.3 is 4.74 Å². The number of nitrogens with zero attached hydrogens (tertiary/aromatic N) is 3. The molecule has 0 unspecified atom stereocenters. The SMILES string of the molecule is CCSc1nnc(C)n1NC(=S)NC(=O)c1cc(Br)ccc1OC. The Morgan fingerprint density at radius 1 is 1.46 bits per heavy atom. The van der Waals surface area contributed by atoms with E-state index >= 15 is 0 Å². The van der Waals surface area contributed by atoms with E-state index in [4.69, 9.17) is 17.0 Å². The molecule has 1 aromatic heterocycles. The molecule has 0 saturated heterocycles. The monoisotopic (exact) mass is 429 g/mol. The van der Waals surface area contributed by atoms with Crippen LogP contribution in [-0.2, 0) is 0 Å². The van der Waals surface area contributed by atoms with Crippen LogP contribution in [0.1, 0.15) is 23.1 Å². The summed E-state index contributed by atoms with van der Waals surface area (Å²) in [5.74, 6) is 1.57. The van der Waals surface area contributed by atoms with E-state index < -0.39 is 0 Å². The number of amides is 1. The molecule has 0 saturated carbocycles. The van der Waals surface area contributed by atoms with Gasteiger partial charge in [0.15, 0.2) is 5.11 Å². The maximum Gasteiger partial charge on any atom is 0.261 e. The highest BCUT2D eigenvalue weighted by molar-refractivity contribution is 9.10. The lowest BCUT2D eigenvalue weighted by molar-refractivity contribution is 0.0974. The number of methoxy groups -OCH3 is 1. The zero-order valence-corrected chi connectivity index (χ0v) is 16.5. The van der Waals surface area contributed by atoms with Crippen molar-refractivity contribution < 1.29 is 9.53 Å². The molecular weight excluding hydrogens is 414 g/mol. The van der Waals surface area contributed by atoms with Crippen molar-refractivity contribution in [3.05, 3.63) is 34.1 Å². The molecule has 1 aromatic carbocycles. The molecule has 7 nitrogen and oxygen atoms in total. The number of thioether (sulfide) groups is 1. The number of rotatable bonds is 5. The van der Waals surface area contributed by atoms with Crippen LogP contribution in [0.5, 0.6) is 5.75 Å². The largest absolute Gasteiger partial charge is 0.496 e. The summed E-state index contributed by atoms with van der Waals surface area (Å²) in [6.07, 6.45) is 0. The van der Waals surface area contributed by atoms with Crippen LogP contribution in [0.25, 0.3) is 0 Å². The molecule has 1 heterocycles. The highest BCUT2D eigenvalue weighted by Gasteiger charge is 2.16. The standard InChI is InChI=1S/C14H16BrN5O2S2/c1-4-24-14-18-17-8(2)20(14)19-13(23)16-12(21)10-7-9(15)5-6-11(10)22-3/h5-7H,4H2,1-3H3,(H2,16,19,21,23). The van der Waals surface area contributed by atoms with Crippen LogP contribution >= 0.6 is 39.9 Å². The van der Waals surface area contributed by atoms with Gasteiger partial charge in [-0.1, -0.05) is 34.6 Å². The molecule has 2 N–H and O–H groups in total. The van der Waals surface area contributed by atoms with Crippen LogP contribution < -0.4 is 15.5 Å². The number of carbonyl (C=O) groups is 1. The normalized spacial score (nSPS) is 10.3. The minimum absolute atomic E-state index is 0.142. The van der Waals surface area contributed by atoms with Crippen molar-refractivity contribution in [2.75, 3.05) is 18.3 Å². The van der Waals surface area contributed by atoms with Gasteiger partial charge in [0.25, 0.3) is 5.91 Å². The molecule has 0 bridgehead atoms. The summed E-state index contributed by atoms with van der Waals surface area (Å²) >= 11 is 10.1. The molecule has 0 aliphatic heterocycles. The molecule has 10 heteroatoms. The fourth-order valence-electron chi connectivity index (χ4n) is 1.85. The third kappa shape index (κ3) is 4.46. The van der Waals surface area contributed by atoms with Crippen molar-refractivity contribution in [2.24, 2.45) is 0 Å². The van der Waals surface area contributed by atoms with E-state index in [1.165, 1.54) is 18.9 Å². The second-order valence-electron chi connectivity index (χ2n) is 4.54. The van der Waals surface area contributed by atoms with E-state index in [-0.39, 0.29) is 11.0 Å². The maximum atomic E-state index is 12.4. The number of hydrogen-bond donors (Lipinski definition) is 2. The van der Waals surface area contributed by atoms with E-state index in [9.17, 15) is 4.79 Å². The molecule has 2 rings (SSSR count). The second kappa shape index (κ2) is 8.45. The van der Waals surface area contributed by atoms with Gasteiger partial charge in [-0.05, 0) is 43.1 Å². The molecule has 2 aromatic rings. The minimum atomic E-state index is -0.374. The number of nitrogens with one attached hydrogen (secondary N) is 2. The summed E-state index contributed by atoms with van der Waals surface area (Å²) in [4.78, 5) is 12.4. The van der Waals surface area contributed by atoms with E-state index in [1.807, 2.05) is 6.92 Å². The Hall–Kier alpha value is -1.65. The van der Waals surface area contributed by atoms with Crippen molar-refractivity contribution in [2.45, 2.75) is 19.0 Å². The van der Waals surface area contributed by atoms with Gasteiger partial charge in [0.2, 0.25) is 5.16 Å². The van der Waals surface area contributed by atoms with Gasteiger partial charge in [-0.3, -0.25) is 15.5 Å². The second-order valence-corrected chi connectivity index (χ2v) is 7.09. The molecule has 128 valence electrons. The molecule has 0 radical (unpaired) electrons. The third-order valence-corrected chi connectivity index (χ3v) is 4.41. The van der Waals surface area contributed by atoms with Crippen LogP contribution in [0.4, 0.5) is 0 Å². The molecular formula is C14H16BrN5O2S2. The fraction of sp³-hybridized carbons (Fsp3) is 0.286. The number of halogens is 1. The number of hydrogen-bond acceptors (Lipinski definition) is 6. The summed E-state index contributed by atoms with van der Waals surface area (Å²) in [5, 5.41) is 11.5. The first-order chi connectivity index (χ1) is 11.5. The van der Waals surface area contributed by atoms with E-state index in [0.29, 0.717) is 22.3 Å². The van der Waals surface area contributed by atoms with Gasteiger partial charge >= 0.3 is 0 Å². The third-order valence-electron chi connectivity index (χ3n) is 2.92. The Balaban J connectivity index is 2.12. The van der Waals surface area contributed by atoms with Gasteiger partial charge in [-0.2, -0.15) is 0 Å². The van der Waals surface area contributed by atoms with E-state index in [2.05, 4.69) is 36.9 Å². The highest BCUT2D eigenvalue weighted by atomic mass is 79.9. The molecule has 0 aliphatic rings. The first-order valence-corrected chi connectivity index (χ1v) is 9.15. The molecule has 0 aliphatic carbocycles.